The number of nitrogens with two attached hydrogens (primary N) is 1. The van der Waals surface area contributed by atoms with Gasteiger partial charge in [0.05, 0.1) is 25.3 Å². The normalized spacial score (nSPS) is 17.1. The molecule has 0 bridgehead atoms. The molecule has 0 unspecified atom stereocenters. The topological polar surface area (TPSA) is 119 Å². The second-order valence-electron chi connectivity index (χ2n) is 8.54. The molecule has 1 amide bonds. The van der Waals surface area contributed by atoms with E-state index in [9.17, 15) is 9.59 Å². The van der Waals surface area contributed by atoms with Crippen molar-refractivity contribution in [1.29, 1.82) is 5.41 Å². The lowest BCUT2D eigenvalue weighted by molar-refractivity contribution is -0.141. The first-order chi connectivity index (χ1) is 16.9. The number of rotatable bonds is 8. The largest absolute Gasteiger partial charge is 0.491 e. The van der Waals surface area contributed by atoms with Gasteiger partial charge in [-0.1, -0.05) is 18.2 Å². The summed E-state index contributed by atoms with van der Waals surface area (Å²) in [6.45, 7) is 0.804. The fourth-order valence-electron chi connectivity index (χ4n) is 4.27. The van der Waals surface area contributed by atoms with Crippen LogP contribution in [-0.4, -0.2) is 53.9 Å². The molecule has 1 aliphatic heterocycles. The maximum absolute atomic E-state index is 13.2. The quantitative estimate of drug-likeness (QED) is 0.294. The van der Waals surface area contributed by atoms with Gasteiger partial charge in [0.1, 0.15) is 18.2 Å². The molecule has 35 heavy (non-hydrogen) atoms. The van der Waals surface area contributed by atoms with E-state index < -0.39 is 0 Å². The van der Waals surface area contributed by atoms with Crippen LogP contribution in [0, 0.1) is 11.3 Å². The fourth-order valence-corrected chi connectivity index (χ4v) is 4.27. The average molecular weight is 473 g/mol. The van der Waals surface area contributed by atoms with Gasteiger partial charge in [0.25, 0.3) is 5.91 Å². The van der Waals surface area contributed by atoms with Gasteiger partial charge in [0.2, 0.25) is 0 Å². The van der Waals surface area contributed by atoms with Crippen LogP contribution in [0.2, 0.25) is 0 Å². The molecule has 0 aliphatic carbocycles. The van der Waals surface area contributed by atoms with Gasteiger partial charge in [-0.2, -0.15) is 0 Å². The zero-order chi connectivity index (χ0) is 24.8. The van der Waals surface area contributed by atoms with E-state index in [4.69, 9.17) is 20.6 Å². The first-order valence-electron chi connectivity index (χ1n) is 11.4. The smallest absolute Gasteiger partial charge is 0.305 e. The SMILES string of the molecule is COC(=O)C[C@@H]1C[C@@H](COc2ccc(-c3ccc(C(=N)N)cn3)cc2)N(C(=O)c2ccccc2)C1. The molecule has 2 aromatic carbocycles. The van der Waals surface area contributed by atoms with E-state index in [1.807, 2.05) is 48.5 Å². The number of methoxy groups -OCH3 is 1. The Morgan fingerprint density at radius 3 is 2.43 bits per heavy atom. The maximum Gasteiger partial charge on any atom is 0.305 e. The van der Waals surface area contributed by atoms with E-state index in [1.54, 1.807) is 29.3 Å². The molecule has 0 saturated carbocycles. The third-order valence-electron chi connectivity index (χ3n) is 6.13. The minimum Gasteiger partial charge on any atom is -0.491 e. The molecule has 1 fully saturated rings. The van der Waals surface area contributed by atoms with Crippen molar-refractivity contribution in [3.63, 3.8) is 0 Å². The Morgan fingerprint density at radius 1 is 1.06 bits per heavy atom. The number of carbonyl (C=O) groups excluding carboxylic acids is 2. The number of aromatic nitrogens is 1. The number of nitrogens with zero attached hydrogens (tertiary/aromatic N) is 2. The van der Waals surface area contributed by atoms with Gasteiger partial charge in [-0.05, 0) is 60.9 Å². The van der Waals surface area contributed by atoms with Crippen molar-refractivity contribution in [2.75, 3.05) is 20.3 Å². The molecule has 1 aliphatic rings. The highest BCUT2D eigenvalue weighted by atomic mass is 16.5. The molecule has 0 radical (unpaired) electrons. The molecule has 0 spiro atoms. The van der Waals surface area contributed by atoms with Crippen LogP contribution in [0.1, 0.15) is 28.8 Å². The first-order valence-corrected chi connectivity index (χ1v) is 11.4. The van der Waals surface area contributed by atoms with Crippen LogP contribution in [0.3, 0.4) is 0 Å². The van der Waals surface area contributed by atoms with Crippen molar-refractivity contribution in [2.45, 2.75) is 18.9 Å². The lowest BCUT2D eigenvalue weighted by Gasteiger charge is -2.25. The van der Waals surface area contributed by atoms with Gasteiger partial charge in [0, 0.05) is 29.4 Å². The number of amides is 1. The van der Waals surface area contributed by atoms with E-state index in [1.165, 1.54) is 7.11 Å². The number of carbonyl (C=O) groups is 2. The average Bonchev–Trinajstić information content (AvgIpc) is 3.30. The Bertz CT molecular complexity index is 1180. The minimum atomic E-state index is -0.274. The monoisotopic (exact) mass is 472 g/mol. The zero-order valence-corrected chi connectivity index (χ0v) is 19.5. The lowest BCUT2D eigenvalue weighted by Crippen LogP contribution is -2.39. The molecule has 1 aromatic heterocycles. The molecule has 8 heteroatoms. The standard InChI is InChI=1S/C27H28N4O4/c1-34-25(32)14-18-13-22(31(16-18)27(33)20-5-3-2-4-6-20)17-35-23-10-7-19(8-11-23)24-12-9-21(15-30-24)26(28)29/h2-12,15,18,22H,13-14,16-17H2,1H3,(H3,28,29)/t18-,22-/m0/s1. The van der Waals surface area contributed by atoms with Crippen LogP contribution in [-0.2, 0) is 9.53 Å². The predicted molar refractivity (Wildman–Crippen MR) is 132 cm³/mol. The minimum absolute atomic E-state index is 0.0201. The fraction of sp³-hybridized carbons (Fsp3) is 0.259. The lowest BCUT2D eigenvalue weighted by atomic mass is 10.0. The zero-order valence-electron chi connectivity index (χ0n) is 19.5. The van der Waals surface area contributed by atoms with Crippen LogP contribution in [0.4, 0.5) is 0 Å². The summed E-state index contributed by atoms with van der Waals surface area (Å²) in [7, 11) is 1.38. The van der Waals surface area contributed by atoms with Crippen molar-refractivity contribution in [3.8, 4) is 17.0 Å². The predicted octanol–water partition coefficient (Wildman–Crippen LogP) is 3.51. The number of ether oxygens (including phenoxy) is 2. The van der Waals surface area contributed by atoms with E-state index >= 15 is 0 Å². The molecule has 4 rings (SSSR count). The van der Waals surface area contributed by atoms with Crippen molar-refractivity contribution < 1.29 is 19.1 Å². The number of nitrogens with one attached hydrogen (secondary N) is 1. The molecule has 2 atom stereocenters. The summed E-state index contributed by atoms with van der Waals surface area (Å²) in [5.74, 6) is 0.340. The van der Waals surface area contributed by atoms with Crippen LogP contribution in [0.5, 0.6) is 5.75 Å². The number of hydrogen-bond acceptors (Lipinski definition) is 6. The number of likely N-dealkylation sites (tertiary alicyclic amines) is 1. The van der Waals surface area contributed by atoms with Gasteiger partial charge in [0.15, 0.2) is 0 Å². The van der Waals surface area contributed by atoms with Gasteiger partial charge in [-0.25, -0.2) is 0 Å². The summed E-state index contributed by atoms with van der Waals surface area (Å²) in [5, 5.41) is 7.47. The van der Waals surface area contributed by atoms with Gasteiger partial charge >= 0.3 is 5.97 Å². The van der Waals surface area contributed by atoms with E-state index in [0.717, 1.165) is 11.3 Å². The third-order valence-corrected chi connectivity index (χ3v) is 6.13. The molecular weight excluding hydrogens is 444 g/mol. The van der Waals surface area contributed by atoms with Gasteiger partial charge < -0.3 is 20.1 Å². The Hall–Kier alpha value is -4.20. The highest BCUT2D eigenvalue weighted by Crippen LogP contribution is 2.29. The molecule has 8 nitrogen and oxygen atoms in total. The highest BCUT2D eigenvalue weighted by Gasteiger charge is 2.37. The van der Waals surface area contributed by atoms with Gasteiger partial charge in [-0.3, -0.25) is 20.0 Å². The van der Waals surface area contributed by atoms with Gasteiger partial charge in [-0.15, -0.1) is 0 Å². The van der Waals surface area contributed by atoms with Crippen LogP contribution >= 0.6 is 0 Å². The number of nitrogen functional groups attached to an aromatic ring is 1. The third kappa shape index (κ3) is 5.84. The molecular formula is C27H28N4O4. The Kier molecular flexibility index (Phi) is 7.40. The molecule has 3 N–H and O–H groups in total. The second-order valence-corrected chi connectivity index (χ2v) is 8.54. The Labute approximate surface area is 204 Å². The van der Waals surface area contributed by atoms with E-state index in [0.29, 0.717) is 36.4 Å². The number of benzene rings is 2. The van der Waals surface area contributed by atoms with Crippen molar-refractivity contribution >= 4 is 17.7 Å². The number of hydrogen-bond donors (Lipinski definition) is 2. The van der Waals surface area contributed by atoms with Crippen molar-refractivity contribution in [1.82, 2.24) is 9.88 Å². The van der Waals surface area contributed by atoms with Crippen molar-refractivity contribution in [3.05, 3.63) is 84.1 Å². The first kappa shape index (κ1) is 23.9. The summed E-state index contributed by atoms with van der Waals surface area (Å²) in [4.78, 5) is 31.2. The van der Waals surface area contributed by atoms with Crippen LogP contribution in [0.25, 0.3) is 11.3 Å². The van der Waals surface area contributed by atoms with E-state index in [2.05, 4.69) is 4.98 Å². The summed E-state index contributed by atoms with van der Waals surface area (Å²) in [6, 6.07) is 20.1. The Balaban J connectivity index is 1.43. The summed E-state index contributed by atoms with van der Waals surface area (Å²) < 4.78 is 10.9. The number of amidine groups is 1. The highest BCUT2D eigenvalue weighted by molar-refractivity contribution is 5.95. The molecule has 2 heterocycles. The van der Waals surface area contributed by atoms with E-state index in [-0.39, 0.29) is 36.1 Å². The molecule has 3 aromatic rings. The number of esters is 1. The summed E-state index contributed by atoms with van der Waals surface area (Å²) in [5.41, 5.74) is 8.35. The summed E-state index contributed by atoms with van der Waals surface area (Å²) >= 11 is 0. The number of pyridine rings is 1. The van der Waals surface area contributed by atoms with Crippen molar-refractivity contribution in [2.24, 2.45) is 11.7 Å². The second kappa shape index (κ2) is 10.8. The summed E-state index contributed by atoms with van der Waals surface area (Å²) in [6.07, 6.45) is 2.51. The molecule has 1 saturated heterocycles. The van der Waals surface area contributed by atoms with Crippen LogP contribution in [0.15, 0.2) is 72.9 Å². The Morgan fingerprint density at radius 2 is 1.80 bits per heavy atom. The molecule has 180 valence electrons. The van der Waals surface area contributed by atoms with Crippen LogP contribution < -0.4 is 10.5 Å². The maximum atomic E-state index is 13.2.